The van der Waals surface area contributed by atoms with Crippen molar-refractivity contribution in [1.82, 2.24) is 10.6 Å². The van der Waals surface area contributed by atoms with Crippen molar-refractivity contribution in [2.24, 2.45) is 0 Å². The van der Waals surface area contributed by atoms with Gasteiger partial charge >= 0.3 is 11.9 Å². The maximum Gasteiger partial charge on any atom is 0.371 e. The van der Waals surface area contributed by atoms with Crippen LogP contribution >= 0.6 is 0 Å². The monoisotopic (exact) mass is 298 g/mol. The van der Waals surface area contributed by atoms with E-state index < -0.39 is 30.3 Å². The topological polar surface area (TPSA) is 146 Å². The van der Waals surface area contributed by atoms with Gasteiger partial charge < -0.3 is 25.3 Å². The van der Waals surface area contributed by atoms with Gasteiger partial charge in [-0.3, -0.25) is 14.4 Å². The molecule has 9 heteroatoms. The molecule has 0 aliphatic heterocycles. The van der Waals surface area contributed by atoms with Gasteiger partial charge in [-0.05, 0) is 12.1 Å². The molecule has 0 spiro atoms. The molecule has 0 aliphatic rings. The Morgan fingerprint density at radius 2 is 1.62 bits per heavy atom. The maximum absolute atomic E-state index is 11.4. The lowest BCUT2D eigenvalue weighted by atomic mass is 10.2. The van der Waals surface area contributed by atoms with Crippen LogP contribution in [0.15, 0.2) is 16.5 Å². The summed E-state index contributed by atoms with van der Waals surface area (Å²) >= 11 is 0. The number of carbonyl (C=O) groups is 4. The first-order chi connectivity index (χ1) is 9.88. The van der Waals surface area contributed by atoms with Crippen molar-refractivity contribution >= 4 is 23.8 Å². The quantitative estimate of drug-likeness (QED) is 0.509. The second-order valence-electron chi connectivity index (χ2n) is 4.02. The number of hydrogen-bond donors (Lipinski definition) is 4. The van der Waals surface area contributed by atoms with Crippen LogP contribution in [0.25, 0.3) is 0 Å². The lowest BCUT2D eigenvalue weighted by Gasteiger charge is -2.04. The van der Waals surface area contributed by atoms with Crippen LogP contribution in [0.3, 0.4) is 0 Å². The summed E-state index contributed by atoms with van der Waals surface area (Å²) in [6, 6.07) is 2.69. The second-order valence-corrected chi connectivity index (χ2v) is 4.02. The largest absolute Gasteiger partial charge is 0.480 e. The number of carboxylic acid groups (broad SMARTS) is 2. The summed E-state index contributed by atoms with van der Waals surface area (Å²) in [7, 11) is 0. The van der Waals surface area contributed by atoms with Crippen molar-refractivity contribution in [3.05, 3.63) is 23.7 Å². The summed E-state index contributed by atoms with van der Waals surface area (Å²) in [6.45, 7) is -0.492. The molecule has 21 heavy (non-hydrogen) atoms. The van der Waals surface area contributed by atoms with Gasteiger partial charge in [0, 0.05) is 12.8 Å². The molecule has 1 rings (SSSR count). The summed E-state index contributed by atoms with van der Waals surface area (Å²) < 4.78 is 4.93. The number of carboxylic acids is 2. The number of carbonyl (C=O) groups excluding carboxylic acids is 2. The van der Waals surface area contributed by atoms with E-state index in [1.54, 1.807) is 0 Å². The number of furan rings is 1. The van der Waals surface area contributed by atoms with Crippen molar-refractivity contribution in [3.8, 4) is 0 Å². The zero-order valence-electron chi connectivity index (χ0n) is 10.9. The van der Waals surface area contributed by atoms with Crippen LogP contribution < -0.4 is 10.6 Å². The molecule has 0 saturated carbocycles. The summed E-state index contributed by atoms with van der Waals surface area (Å²) in [5.74, 6) is -3.31. The average Bonchev–Trinajstić information content (AvgIpc) is 2.89. The van der Waals surface area contributed by atoms with Crippen molar-refractivity contribution in [1.29, 1.82) is 0 Å². The molecule has 0 aliphatic carbocycles. The Labute approximate surface area is 118 Å². The first kappa shape index (κ1) is 16.2. The maximum atomic E-state index is 11.4. The SMILES string of the molecule is O=C(O)CNC(=O)CCC(=O)NCc1ccc(C(=O)O)o1. The molecule has 0 atom stereocenters. The first-order valence-corrected chi connectivity index (χ1v) is 5.95. The van der Waals surface area contributed by atoms with E-state index in [1.807, 2.05) is 0 Å². The number of hydrogen-bond acceptors (Lipinski definition) is 5. The Morgan fingerprint density at radius 3 is 2.14 bits per heavy atom. The van der Waals surface area contributed by atoms with E-state index in [0.717, 1.165) is 0 Å². The molecule has 1 aromatic heterocycles. The third kappa shape index (κ3) is 6.23. The summed E-state index contributed by atoms with van der Waals surface area (Å²) in [5, 5.41) is 21.6. The number of amides is 2. The van der Waals surface area contributed by atoms with Gasteiger partial charge in [0.1, 0.15) is 12.3 Å². The number of nitrogens with one attached hydrogen (secondary N) is 2. The minimum Gasteiger partial charge on any atom is -0.480 e. The molecule has 4 N–H and O–H groups in total. The van der Waals surface area contributed by atoms with E-state index in [4.69, 9.17) is 14.6 Å². The van der Waals surface area contributed by atoms with E-state index >= 15 is 0 Å². The summed E-state index contributed by atoms with van der Waals surface area (Å²) in [6.07, 6.45) is -0.254. The smallest absolute Gasteiger partial charge is 0.371 e. The van der Waals surface area contributed by atoms with Gasteiger partial charge in [-0.2, -0.15) is 0 Å². The second kappa shape index (κ2) is 7.68. The van der Waals surface area contributed by atoms with Crippen LogP contribution in [-0.2, 0) is 20.9 Å². The predicted molar refractivity (Wildman–Crippen MR) is 67.4 cm³/mol. The minimum absolute atomic E-state index is 0.00284. The predicted octanol–water partition coefficient (Wildman–Crippen LogP) is -0.425. The fourth-order valence-electron chi connectivity index (χ4n) is 1.35. The van der Waals surface area contributed by atoms with E-state index in [1.165, 1.54) is 12.1 Å². The summed E-state index contributed by atoms with van der Waals surface area (Å²) in [5.41, 5.74) is 0. The Kier molecular flexibility index (Phi) is 5.93. The fourth-order valence-corrected chi connectivity index (χ4v) is 1.35. The highest BCUT2D eigenvalue weighted by Gasteiger charge is 2.11. The van der Waals surface area contributed by atoms with Gasteiger partial charge in [-0.15, -0.1) is 0 Å². The molecule has 114 valence electrons. The fraction of sp³-hybridized carbons (Fsp3) is 0.333. The van der Waals surface area contributed by atoms with E-state index in [0.29, 0.717) is 0 Å². The molecular weight excluding hydrogens is 284 g/mol. The molecule has 0 aromatic carbocycles. The molecule has 1 aromatic rings. The Hall–Kier alpha value is -2.84. The van der Waals surface area contributed by atoms with Gasteiger partial charge in [-0.1, -0.05) is 0 Å². The molecule has 1 heterocycles. The van der Waals surface area contributed by atoms with E-state index in [2.05, 4.69) is 10.6 Å². The summed E-state index contributed by atoms with van der Waals surface area (Å²) in [4.78, 5) is 43.4. The Balaban J connectivity index is 2.26. The molecule has 0 bridgehead atoms. The van der Waals surface area contributed by atoms with Crippen LogP contribution in [0.5, 0.6) is 0 Å². The van der Waals surface area contributed by atoms with Crippen molar-refractivity contribution in [2.45, 2.75) is 19.4 Å². The van der Waals surface area contributed by atoms with Crippen LogP contribution in [0.4, 0.5) is 0 Å². The van der Waals surface area contributed by atoms with E-state index in [-0.39, 0.29) is 30.9 Å². The molecule has 0 radical (unpaired) electrons. The highest BCUT2D eigenvalue weighted by molar-refractivity contribution is 5.86. The average molecular weight is 298 g/mol. The molecule has 0 saturated heterocycles. The Bertz CT molecular complexity index is 550. The number of rotatable bonds is 8. The van der Waals surface area contributed by atoms with Gasteiger partial charge in [0.25, 0.3) is 0 Å². The molecular formula is C12H14N2O7. The normalized spacial score (nSPS) is 9.90. The van der Waals surface area contributed by atoms with Crippen molar-refractivity contribution in [2.75, 3.05) is 6.54 Å². The van der Waals surface area contributed by atoms with Crippen LogP contribution in [0, 0.1) is 0 Å². The highest BCUT2D eigenvalue weighted by atomic mass is 16.4. The molecule has 0 fully saturated rings. The van der Waals surface area contributed by atoms with Crippen molar-refractivity contribution in [3.63, 3.8) is 0 Å². The van der Waals surface area contributed by atoms with Gasteiger partial charge in [0.2, 0.25) is 17.6 Å². The van der Waals surface area contributed by atoms with Gasteiger partial charge in [-0.25, -0.2) is 4.79 Å². The van der Waals surface area contributed by atoms with Gasteiger partial charge in [0.15, 0.2) is 0 Å². The first-order valence-electron chi connectivity index (χ1n) is 5.95. The number of aliphatic carboxylic acids is 1. The lowest BCUT2D eigenvalue weighted by Crippen LogP contribution is -2.31. The lowest BCUT2D eigenvalue weighted by molar-refractivity contribution is -0.138. The molecule has 2 amide bonds. The van der Waals surface area contributed by atoms with Crippen molar-refractivity contribution < 1.29 is 33.8 Å². The van der Waals surface area contributed by atoms with Crippen LogP contribution in [-0.4, -0.2) is 40.5 Å². The standard InChI is InChI=1S/C12H14N2O7/c15-9(3-4-10(16)14-6-11(17)18)13-5-7-1-2-8(21-7)12(19)20/h1-2H,3-6H2,(H,13,15)(H,14,16)(H,17,18)(H,19,20). The molecule has 0 unspecified atom stereocenters. The molecule has 9 nitrogen and oxygen atoms in total. The minimum atomic E-state index is -1.21. The Morgan fingerprint density at radius 1 is 1.00 bits per heavy atom. The van der Waals surface area contributed by atoms with Crippen LogP contribution in [0.2, 0.25) is 0 Å². The van der Waals surface area contributed by atoms with Gasteiger partial charge in [0.05, 0.1) is 6.54 Å². The van der Waals surface area contributed by atoms with Crippen LogP contribution in [0.1, 0.15) is 29.2 Å². The van der Waals surface area contributed by atoms with E-state index in [9.17, 15) is 19.2 Å². The highest BCUT2D eigenvalue weighted by Crippen LogP contribution is 2.07. The zero-order valence-corrected chi connectivity index (χ0v) is 10.9. The zero-order chi connectivity index (χ0) is 15.8. The third-order valence-electron chi connectivity index (χ3n) is 2.35. The number of aromatic carboxylic acids is 1. The third-order valence-corrected chi connectivity index (χ3v) is 2.35.